The number of ether oxygens (including phenoxy) is 1. The van der Waals surface area contributed by atoms with E-state index in [1.54, 1.807) is 7.11 Å². The van der Waals surface area contributed by atoms with Crippen molar-refractivity contribution in [2.75, 3.05) is 19.4 Å². The molecule has 0 aliphatic carbocycles. The van der Waals surface area contributed by atoms with E-state index in [9.17, 15) is 4.79 Å². The molecule has 0 atom stereocenters. The molecule has 0 aliphatic rings. The summed E-state index contributed by atoms with van der Waals surface area (Å²) in [7, 11) is 1.63. The van der Waals surface area contributed by atoms with Gasteiger partial charge in [-0.05, 0) is 55.0 Å². The number of benzene rings is 2. The number of methoxy groups -OCH3 is 1. The number of hydrogen-bond acceptors (Lipinski definition) is 5. The van der Waals surface area contributed by atoms with Crippen LogP contribution in [0.1, 0.15) is 19.8 Å². The fourth-order valence-corrected chi connectivity index (χ4v) is 3.61. The average Bonchev–Trinajstić information content (AvgIpc) is 3.17. The van der Waals surface area contributed by atoms with Crippen molar-refractivity contribution in [2.45, 2.75) is 24.9 Å². The van der Waals surface area contributed by atoms with Gasteiger partial charge in [-0.2, -0.15) is 0 Å². The van der Waals surface area contributed by atoms with Crippen molar-refractivity contribution in [3.63, 3.8) is 0 Å². The van der Waals surface area contributed by atoms with E-state index < -0.39 is 0 Å². The molecular formula is C21H23ClN4O2S. The lowest BCUT2D eigenvalue weighted by Crippen LogP contribution is -2.26. The molecule has 1 amide bonds. The highest BCUT2D eigenvalue weighted by molar-refractivity contribution is 7.99. The summed E-state index contributed by atoms with van der Waals surface area (Å²) in [4.78, 5) is 12.1. The van der Waals surface area contributed by atoms with E-state index in [0.717, 1.165) is 29.8 Å². The summed E-state index contributed by atoms with van der Waals surface area (Å²) >= 11 is 7.41. The Hall–Kier alpha value is -2.51. The van der Waals surface area contributed by atoms with Gasteiger partial charge in [0.05, 0.1) is 12.9 Å². The minimum atomic E-state index is -0.0138. The van der Waals surface area contributed by atoms with Crippen molar-refractivity contribution in [1.29, 1.82) is 0 Å². The topological polar surface area (TPSA) is 69.0 Å². The van der Waals surface area contributed by atoms with E-state index in [4.69, 9.17) is 16.3 Å². The second-order valence-corrected chi connectivity index (χ2v) is 7.72. The summed E-state index contributed by atoms with van der Waals surface area (Å²) in [5.74, 6) is 1.71. The van der Waals surface area contributed by atoms with Gasteiger partial charge in [0, 0.05) is 22.8 Å². The maximum absolute atomic E-state index is 12.1. The Kier molecular flexibility index (Phi) is 7.55. The average molecular weight is 431 g/mol. The number of hydrogen-bond donors (Lipinski definition) is 1. The molecule has 0 saturated carbocycles. The van der Waals surface area contributed by atoms with E-state index in [1.807, 2.05) is 53.1 Å². The highest BCUT2D eigenvalue weighted by atomic mass is 35.5. The fraction of sp³-hybridized carbons (Fsp3) is 0.286. The Morgan fingerprint density at radius 3 is 2.52 bits per heavy atom. The lowest BCUT2D eigenvalue weighted by Gasteiger charge is -2.11. The van der Waals surface area contributed by atoms with Crippen LogP contribution in [0.25, 0.3) is 17.1 Å². The minimum Gasteiger partial charge on any atom is -0.497 e. The first-order chi connectivity index (χ1) is 14.1. The van der Waals surface area contributed by atoms with Crippen LogP contribution < -0.4 is 10.1 Å². The van der Waals surface area contributed by atoms with Gasteiger partial charge in [0.25, 0.3) is 0 Å². The standard InChI is InChI=1S/C21H23ClN4O2S/c1-3-4-13-23-19(27)14-29-21-25-24-20(15-5-11-18(28-2)12-6-15)26(21)17-9-7-16(22)8-10-17/h5-12H,3-4,13-14H2,1-2H3,(H,23,27). The predicted octanol–water partition coefficient (Wildman–Crippen LogP) is 4.60. The molecule has 1 heterocycles. The lowest BCUT2D eigenvalue weighted by atomic mass is 10.2. The van der Waals surface area contributed by atoms with Crippen LogP contribution in [0.2, 0.25) is 5.02 Å². The number of unbranched alkanes of at least 4 members (excludes halogenated alkanes) is 1. The van der Waals surface area contributed by atoms with E-state index >= 15 is 0 Å². The van der Waals surface area contributed by atoms with Gasteiger partial charge in [-0.25, -0.2) is 0 Å². The van der Waals surface area contributed by atoms with E-state index in [1.165, 1.54) is 11.8 Å². The number of nitrogens with one attached hydrogen (secondary N) is 1. The predicted molar refractivity (Wildman–Crippen MR) is 117 cm³/mol. The molecule has 152 valence electrons. The van der Waals surface area contributed by atoms with Crippen LogP contribution in [-0.4, -0.2) is 40.1 Å². The normalized spacial score (nSPS) is 10.7. The zero-order chi connectivity index (χ0) is 20.6. The van der Waals surface area contributed by atoms with E-state index in [2.05, 4.69) is 22.4 Å². The molecule has 0 unspecified atom stereocenters. The summed E-state index contributed by atoms with van der Waals surface area (Å²) in [6.07, 6.45) is 2.02. The number of thioether (sulfide) groups is 1. The highest BCUT2D eigenvalue weighted by Crippen LogP contribution is 2.29. The molecule has 6 nitrogen and oxygen atoms in total. The lowest BCUT2D eigenvalue weighted by molar-refractivity contribution is -0.118. The molecule has 2 aromatic carbocycles. The van der Waals surface area contributed by atoms with Crippen molar-refractivity contribution < 1.29 is 9.53 Å². The van der Waals surface area contributed by atoms with E-state index in [0.29, 0.717) is 22.5 Å². The zero-order valence-corrected chi connectivity index (χ0v) is 18.0. The molecule has 3 aromatic rings. The quantitative estimate of drug-likeness (QED) is 0.396. The third-order valence-electron chi connectivity index (χ3n) is 4.25. The monoisotopic (exact) mass is 430 g/mol. The molecule has 8 heteroatoms. The van der Waals surface area contributed by atoms with Gasteiger partial charge >= 0.3 is 0 Å². The van der Waals surface area contributed by atoms with Crippen LogP contribution >= 0.6 is 23.4 Å². The summed E-state index contributed by atoms with van der Waals surface area (Å²) in [5, 5.41) is 12.9. The molecule has 0 fully saturated rings. The Morgan fingerprint density at radius 2 is 1.86 bits per heavy atom. The Labute approximate surface area is 179 Å². The number of halogens is 1. The number of rotatable bonds is 9. The van der Waals surface area contributed by atoms with Crippen LogP contribution in [0, 0.1) is 0 Å². The maximum atomic E-state index is 12.1. The second kappa shape index (κ2) is 10.3. The summed E-state index contributed by atoms with van der Waals surface area (Å²) < 4.78 is 7.17. The first-order valence-corrected chi connectivity index (χ1v) is 10.7. The van der Waals surface area contributed by atoms with Gasteiger partial charge < -0.3 is 10.1 Å². The van der Waals surface area contributed by atoms with Gasteiger partial charge in [0.2, 0.25) is 5.91 Å². The van der Waals surface area contributed by atoms with Crippen LogP contribution in [-0.2, 0) is 4.79 Å². The first kappa shape index (κ1) is 21.2. The smallest absolute Gasteiger partial charge is 0.230 e. The molecule has 0 radical (unpaired) electrons. The molecule has 1 aromatic heterocycles. The molecule has 0 aliphatic heterocycles. The Bertz CT molecular complexity index is 942. The zero-order valence-electron chi connectivity index (χ0n) is 16.4. The number of carbonyl (C=O) groups is 1. The number of nitrogens with zero attached hydrogens (tertiary/aromatic N) is 3. The van der Waals surface area contributed by atoms with Crippen molar-refractivity contribution in [3.05, 3.63) is 53.6 Å². The number of amides is 1. The highest BCUT2D eigenvalue weighted by Gasteiger charge is 2.17. The van der Waals surface area contributed by atoms with Gasteiger partial charge in [-0.3, -0.25) is 9.36 Å². The van der Waals surface area contributed by atoms with Crippen LogP contribution in [0.3, 0.4) is 0 Å². The molecule has 1 N–H and O–H groups in total. The Balaban J connectivity index is 1.88. The Morgan fingerprint density at radius 1 is 1.14 bits per heavy atom. The maximum Gasteiger partial charge on any atom is 0.230 e. The summed E-state index contributed by atoms with van der Waals surface area (Å²) in [6.45, 7) is 2.78. The summed E-state index contributed by atoms with van der Waals surface area (Å²) in [6, 6.07) is 15.1. The third-order valence-corrected chi connectivity index (χ3v) is 5.43. The van der Waals surface area contributed by atoms with Crippen molar-refractivity contribution in [2.24, 2.45) is 0 Å². The molecule has 0 saturated heterocycles. The van der Waals surface area contributed by atoms with Crippen LogP contribution in [0.15, 0.2) is 53.7 Å². The van der Waals surface area contributed by atoms with Crippen molar-refractivity contribution in [1.82, 2.24) is 20.1 Å². The third kappa shape index (κ3) is 5.52. The van der Waals surface area contributed by atoms with Crippen molar-refractivity contribution >= 4 is 29.3 Å². The SMILES string of the molecule is CCCCNC(=O)CSc1nnc(-c2ccc(OC)cc2)n1-c1ccc(Cl)cc1. The molecular weight excluding hydrogens is 408 g/mol. The molecule has 29 heavy (non-hydrogen) atoms. The molecule has 0 bridgehead atoms. The number of carbonyl (C=O) groups excluding carboxylic acids is 1. The van der Waals surface area contributed by atoms with Crippen molar-refractivity contribution in [3.8, 4) is 22.8 Å². The largest absolute Gasteiger partial charge is 0.497 e. The van der Waals surface area contributed by atoms with Gasteiger partial charge in [-0.1, -0.05) is 36.7 Å². The number of aromatic nitrogens is 3. The molecule has 3 rings (SSSR count). The second-order valence-electron chi connectivity index (χ2n) is 6.34. The van der Waals surface area contributed by atoms with Gasteiger partial charge in [-0.15, -0.1) is 10.2 Å². The summed E-state index contributed by atoms with van der Waals surface area (Å²) in [5.41, 5.74) is 1.77. The fourth-order valence-electron chi connectivity index (χ4n) is 2.70. The minimum absolute atomic E-state index is 0.0138. The van der Waals surface area contributed by atoms with E-state index in [-0.39, 0.29) is 11.7 Å². The van der Waals surface area contributed by atoms with Crippen LogP contribution in [0.4, 0.5) is 0 Å². The van der Waals surface area contributed by atoms with Gasteiger partial charge in [0.15, 0.2) is 11.0 Å². The van der Waals surface area contributed by atoms with Crippen LogP contribution in [0.5, 0.6) is 5.75 Å². The molecule has 0 spiro atoms. The van der Waals surface area contributed by atoms with Gasteiger partial charge in [0.1, 0.15) is 5.75 Å². The first-order valence-electron chi connectivity index (χ1n) is 9.37.